The van der Waals surface area contributed by atoms with E-state index in [4.69, 9.17) is 0 Å². The van der Waals surface area contributed by atoms with Gasteiger partial charge < -0.3 is 9.80 Å². The SMILES string of the molecule is Cc1ccc(C(=O)N2CCS[C@]23C(=O)N(Cc2ccc(F)cc2)c2ccc(C)cc23)cc1. The Kier molecular flexibility index (Phi) is 5.05. The molecule has 0 bridgehead atoms. The standard InChI is InChI=1S/C26H23FN2O2S/c1-17-3-8-20(9-4-17)24(30)29-13-14-32-26(29)22-15-18(2)5-12-23(22)28(25(26)31)16-19-6-10-21(27)11-7-19/h3-12,15H,13-14,16H2,1-2H3/t26-/m1/s1. The Balaban J connectivity index is 1.58. The molecule has 0 N–H and O–H groups in total. The average Bonchev–Trinajstić information content (AvgIpc) is 3.32. The minimum absolute atomic E-state index is 0.120. The van der Waals surface area contributed by atoms with Gasteiger partial charge in [-0.05, 0) is 49.7 Å². The van der Waals surface area contributed by atoms with Crippen LogP contribution >= 0.6 is 11.8 Å². The maximum absolute atomic E-state index is 14.0. The molecule has 5 rings (SSSR count). The number of halogens is 1. The number of carbonyl (C=O) groups is 2. The highest BCUT2D eigenvalue weighted by Gasteiger charge is 2.59. The molecule has 3 aromatic carbocycles. The molecular formula is C26H23FN2O2S. The van der Waals surface area contributed by atoms with Crippen LogP contribution in [0.3, 0.4) is 0 Å². The first kappa shape index (κ1) is 20.8. The molecule has 0 radical (unpaired) electrons. The molecule has 0 aliphatic carbocycles. The Morgan fingerprint density at radius 1 is 1.00 bits per heavy atom. The van der Waals surface area contributed by atoms with E-state index in [1.54, 1.807) is 21.9 Å². The summed E-state index contributed by atoms with van der Waals surface area (Å²) in [5.41, 5.74) is 5.19. The molecule has 2 aliphatic heterocycles. The second-order valence-electron chi connectivity index (χ2n) is 8.35. The van der Waals surface area contributed by atoms with Crippen molar-refractivity contribution in [2.24, 2.45) is 0 Å². The lowest BCUT2D eigenvalue weighted by atomic mass is 10.0. The van der Waals surface area contributed by atoms with Crippen molar-refractivity contribution in [3.8, 4) is 0 Å². The van der Waals surface area contributed by atoms with E-state index in [-0.39, 0.29) is 17.6 Å². The molecular weight excluding hydrogens is 423 g/mol. The highest BCUT2D eigenvalue weighted by atomic mass is 32.2. The molecule has 6 heteroatoms. The number of rotatable bonds is 3. The predicted molar refractivity (Wildman–Crippen MR) is 125 cm³/mol. The number of nitrogens with zero attached hydrogens (tertiary/aromatic N) is 2. The first-order chi connectivity index (χ1) is 15.4. The number of hydrogen-bond donors (Lipinski definition) is 0. The van der Waals surface area contributed by atoms with E-state index in [1.165, 1.54) is 23.9 Å². The summed E-state index contributed by atoms with van der Waals surface area (Å²) >= 11 is 1.52. The maximum Gasteiger partial charge on any atom is 0.268 e. The Morgan fingerprint density at radius 3 is 2.41 bits per heavy atom. The van der Waals surface area contributed by atoms with Gasteiger partial charge in [-0.3, -0.25) is 9.59 Å². The van der Waals surface area contributed by atoms with Crippen molar-refractivity contribution in [2.75, 3.05) is 17.2 Å². The van der Waals surface area contributed by atoms with Crippen molar-refractivity contribution in [2.45, 2.75) is 25.3 Å². The summed E-state index contributed by atoms with van der Waals surface area (Å²) in [5.74, 6) is 0.112. The van der Waals surface area contributed by atoms with E-state index in [1.807, 2.05) is 56.3 Å². The van der Waals surface area contributed by atoms with Gasteiger partial charge in [-0.2, -0.15) is 0 Å². The molecule has 2 heterocycles. The van der Waals surface area contributed by atoms with Crippen molar-refractivity contribution in [3.63, 3.8) is 0 Å². The van der Waals surface area contributed by atoms with Crippen LogP contribution < -0.4 is 4.90 Å². The largest absolute Gasteiger partial charge is 0.311 e. The van der Waals surface area contributed by atoms with Gasteiger partial charge in [-0.25, -0.2) is 4.39 Å². The summed E-state index contributed by atoms with van der Waals surface area (Å²) in [6.07, 6.45) is 0. The third-order valence-electron chi connectivity index (χ3n) is 6.15. The smallest absolute Gasteiger partial charge is 0.268 e. The zero-order valence-corrected chi connectivity index (χ0v) is 18.8. The van der Waals surface area contributed by atoms with Gasteiger partial charge in [0.05, 0.1) is 12.2 Å². The maximum atomic E-state index is 14.0. The van der Waals surface area contributed by atoms with Crippen LogP contribution in [0, 0.1) is 19.7 Å². The summed E-state index contributed by atoms with van der Waals surface area (Å²) in [4.78, 5) is 30.0. The predicted octanol–water partition coefficient (Wildman–Crippen LogP) is 5.03. The van der Waals surface area contributed by atoms with Crippen LogP contribution in [0.4, 0.5) is 10.1 Å². The van der Waals surface area contributed by atoms with Crippen molar-refractivity contribution in [1.82, 2.24) is 4.90 Å². The van der Waals surface area contributed by atoms with Gasteiger partial charge in [-0.1, -0.05) is 47.5 Å². The van der Waals surface area contributed by atoms with Crippen LogP contribution in [0.1, 0.15) is 32.6 Å². The number of anilines is 1. The average molecular weight is 447 g/mol. The van der Waals surface area contributed by atoms with E-state index < -0.39 is 4.87 Å². The molecule has 1 fully saturated rings. The zero-order chi connectivity index (χ0) is 22.5. The van der Waals surface area contributed by atoms with Crippen LogP contribution in [-0.4, -0.2) is 29.0 Å². The lowest BCUT2D eigenvalue weighted by molar-refractivity contribution is -0.123. The summed E-state index contributed by atoms with van der Waals surface area (Å²) in [5, 5.41) is 0. The molecule has 0 unspecified atom stereocenters. The van der Waals surface area contributed by atoms with E-state index >= 15 is 0 Å². The molecule has 0 saturated carbocycles. The van der Waals surface area contributed by atoms with Crippen molar-refractivity contribution in [3.05, 3.63) is 100 Å². The molecule has 0 aromatic heterocycles. The summed E-state index contributed by atoms with van der Waals surface area (Å²) in [6.45, 7) is 4.80. The van der Waals surface area contributed by atoms with Gasteiger partial charge in [0.2, 0.25) is 0 Å². The molecule has 1 atom stereocenters. The fourth-order valence-corrected chi connectivity index (χ4v) is 5.96. The number of thioether (sulfide) groups is 1. The normalized spacial score (nSPS) is 19.7. The Labute approximate surface area is 191 Å². The molecule has 4 nitrogen and oxygen atoms in total. The summed E-state index contributed by atoms with van der Waals surface area (Å²) in [6, 6.07) is 19.6. The first-order valence-corrected chi connectivity index (χ1v) is 11.6. The molecule has 2 aliphatic rings. The molecule has 2 amide bonds. The highest BCUT2D eigenvalue weighted by Crippen LogP contribution is 2.55. The molecule has 3 aromatic rings. The molecule has 32 heavy (non-hydrogen) atoms. The van der Waals surface area contributed by atoms with Crippen LogP contribution in [0.15, 0.2) is 66.7 Å². The van der Waals surface area contributed by atoms with Crippen LogP contribution in [0.25, 0.3) is 0 Å². The van der Waals surface area contributed by atoms with Gasteiger partial charge >= 0.3 is 0 Å². The van der Waals surface area contributed by atoms with Crippen molar-refractivity contribution < 1.29 is 14.0 Å². The number of fused-ring (bicyclic) bond motifs is 2. The lowest BCUT2D eigenvalue weighted by Gasteiger charge is -2.33. The Morgan fingerprint density at radius 2 is 1.69 bits per heavy atom. The molecule has 1 saturated heterocycles. The lowest BCUT2D eigenvalue weighted by Crippen LogP contribution is -2.50. The third-order valence-corrected chi connectivity index (χ3v) is 7.57. The van der Waals surface area contributed by atoms with E-state index in [2.05, 4.69) is 0 Å². The monoisotopic (exact) mass is 446 g/mol. The highest BCUT2D eigenvalue weighted by molar-refractivity contribution is 8.01. The van der Waals surface area contributed by atoms with Crippen molar-refractivity contribution in [1.29, 1.82) is 0 Å². The fraction of sp³-hybridized carbons (Fsp3) is 0.231. The van der Waals surface area contributed by atoms with Crippen LogP contribution in [-0.2, 0) is 16.2 Å². The number of aryl methyl sites for hydroxylation is 2. The number of carbonyl (C=O) groups excluding carboxylic acids is 2. The summed E-state index contributed by atoms with van der Waals surface area (Å²) in [7, 11) is 0. The van der Waals surface area contributed by atoms with E-state index in [0.717, 1.165) is 27.9 Å². The van der Waals surface area contributed by atoms with Crippen LogP contribution in [0.5, 0.6) is 0 Å². The quantitative estimate of drug-likeness (QED) is 0.567. The van der Waals surface area contributed by atoms with Gasteiger partial charge in [0, 0.05) is 23.4 Å². The second kappa shape index (κ2) is 7.78. The number of amides is 2. The van der Waals surface area contributed by atoms with Crippen LogP contribution in [0.2, 0.25) is 0 Å². The summed E-state index contributed by atoms with van der Waals surface area (Å²) < 4.78 is 13.4. The van der Waals surface area contributed by atoms with Crippen molar-refractivity contribution >= 4 is 29.3 Å². The topological polar surface area (TPSA) is 40.6 Å². The fourth-order valence-electron chi connectivity index (χ4n) is 4.51. The van der Waals surface area contributed by atoms with E-state index in [0.29, 0.717) is 24.4 Å². The number of hydrogen-bond acceptors (Lipinski definition) is 3. The minimum Gasteiger partial charge on any atom is -0.311 e. The first-order valence-electron chi connectivity index (χ1n) is 10.6. The Bertz CT molecular complexity index is 1210. The third kappa shape index (κ3) is 3.21. The minimum atomic E-state index is -1.08. The van der Waals surface area contributed by atoms with Gasteiger partial charge in [-0.15, -0.1) is 11.8 Å². The van der Waals surface area contributed by atoms with E-state index in [9.17, 15) is 14.0 Å². The molecule has 162 valence electrons. The van der Waals surface area contributed by atoms with Gasteiger partial charge in [0.1, 0.15) is 5.82 Å². The second-order valence-corrected chi connectivity index (χ2v) is 9.64. The Hall–Kier alpha value is -3.12. The zero-order valence-electron chi connectivity index (χ0n) is 18.0. The van der Waals surface area contributed by atoms with Gasteiger partial charge in [0.25, 0.3) is 11.8 Å². The van der Waals surface area contributed by atoms with Gasteiger partial charge in [0.15, 0.2) is 4.87 Å². The molecule has 1 spiro atoms. The number of benzene rings is 3.